The molecule has 0 saturated heterocycles. The molecule has 0 radical (unpaired) electrons. The number of carbonyl (C=O) groups is 2. The number of rotatable bonds is 9. The van der Waals surface area contributed by atoms with Crippen LogP contribution in [-0.2, 0) is 17.2 Å². The van der Waals surface area contributed by atoms with Gasteiger partial charge in [0.1, 0.15) is 18.1 Å². The van der Waals surface area contributed by atoms with E-state index in [1.807, 2.05) is 29.5 Å². The fraction of sp³-hybridized carbons (Fsp3) is 0.333. The molecule has 0 atom stereocenters. The van der Waals surface area contributed by atoms with Crippen molar-refractivity contribution in [2.75, 3.05) is 6.54 Å². The maximum Gasteiger partial charge on any atom is 0.416 e. The quantitative estimate of drug-likeness (QED) is 0.275. The highest BCUT2D eigenvalue weighted by molar-refractivity contribution is 14.1. The van der Waals surface area contributed by atoms with E-state index in [0.29, 0.717) is 17.8 Å². The number of hydrogen-bond acceptors (Lipinski definition) is 5. The highest BCUT2D eigenvalue weighted by Crippen LogP contribution is 2.37. The minimum Gasteiger partial charge on any atom is -0.487 e. The van der Waals surface area contributed by atoms with Crippen molar-refractivity contribution in [3.63, 3.8) is 0 Å². The van der Waals surface area contributed by atoms with Crippen LogP contribution in [0.25, 0.3) is 5.69 Å². The van der Waals surface area contributed by atoms with Crippen LogP contribution in [0.1, 0.15) is 57.4 Å². The van der Waals surface area contributed by atoms with E-state index >= 15 is 0 Å². The number of alkyl halides is 4. The van der Waals surface area contributed by atoms with E-state index in [4.69, 9.17) is 4.74 Å². The lowest BCUT2D eigenvalue weighted by molar-refractivity contribution is -0.138. The molecule has 1 saturated carbocycles. The summed E-state index contributed by atoms with van der Waals surface area (Å²) in [6.45, 7) is 2.05. The van der Waals surface area contributed by atoms with Gasteiger partial charge in [-0.2, -0.15) is 13.2 Å². The van der Waals surface area contributed by atoms with Crippen LogP contribution in [0.15, 0.2) is 42.5 Å². The molecule has 1 fully saturated rings. The zero-order chi connectivity index (χ0) is 25.9. The third-order valence-electron chi connectivity index (χ3n) is 5.54. The molecule has 12 heteroatoms. The van der Waals surface area contributed by atoms with E-state index in [2.05, 4.69) is 20.9 Å². The fourth-order valence-corrected chi connectivity index (χ4v) is 4.35. The van der Waals surface area contributed by atoms with E-state index in [0.717, 1.165) is 18.9 Å². The Morgan fingerprint density at radius 3 is 2.47 bits per heavy atom. The Balaban J connectivity index is 1.67. The minimum atomic E-state index is -4.52. The van der Waals surface area contributed by atoms with Crippen molar-refractivity contribution in [3.05, 3.63) is 70.5 Å². The maximum atomic E-state index is 13.5. The third kappa shape index (κ3) is 5.79. The van der Waals surface area contributed by atoms with Gasteiger partial charge < -0.3 is 15.4 Å². The largest absolute Gasteiger partial charge is 0.487 e. The first kappa shape index (κ1) is 25.9. The molecular formula is C24H23F3IN5O3. The summed E-state index contributed by atoms with van der Waals surface area (Å²) in [6, 6.07) is 10.3. The van der Waals surface area contributed by atoms with Crippen LogP contribution in [0.4, 0.5) is 13.2 Å². The number of hydrogen-bond donors (Lipinski definition) is 2. The Morgan fingerprint density at radius 1 is 1.14 bits per heavy atom. The Kier molecular flexibility index (Phi) is 7.81. The van der Waals surface area contributed by atoms with Gasteiger partial charge in [-0.1, -0.05) is 33.9 Å². The smallest absolute Gasteiger partial charge is 0.416 e. The molecule has 0 bridgehead atoms. The number of amides is 2. The Morgan fingerprint density at radius 2 is 1.86 bits per heavy atom. The van der Waals surface area contributed by atoms with Gasteiger partial charge in [-0.3, -0.25) is 9.59 Å². The standard InChI is InChI=1S/C24H23F3IN5O3/c1-2-29-22(34)14-6-10-16(11-7-14)33-19(21(31-32-33)23(35)30-15-8-9-15)13-36-20-5-3-4-18(17(20)12-28)24(25,26)27/h3-7,10-11,15H,2,8-9,12-13H2,1H3,(H,29,34)(H,30,35). The summed E-state index contributed by atoms with van der Waals surface area (Å²) < 4.78 is 47.8. The summed E-state index contributed by atoms with van der Waals surface area (Å²) in [5.41, 5.74) is 0.501. The number of aromatic nitrogens is 3. The van der Waals surface area contributed by atoms with Crippen molar-refractivity contribution < 1.29 is 27.5 Å². The Hall–Kier alpha value is -3.16. The molecule has 36 heavy (non-hydrogen) atoms. The van der Waals surface area contributed by atoms with Crippen molar-refractivity contribution in [2.45, 2.75) is 43.0 Å². The number of halogens is 4. The summed E-state index contributed by atoms with van der Waals surface area (Å²) in [5, 5.41) is 13.7. The topological polar surface area (TPSA) is 98.1 Å². The Labute approximate surface area is 218 Å². The molecule has 2 N–H and O–H groups in total. The minimum absolute atomic E-state index is 0.0138. The van der Waals surface area contributed by atoms with Gasteiger partial charge in [0, 0.05) is 28.1 Å². The fourth-order valence-electron chi connectivity index (χ4n) is 3.56. The molecule has 8 nitrogen and oxygen atoms in total. The summed E-state index contributed by atoms with van der Waals surface area (Å²) in [6.07, 6.45) is -2.78. The summed E-state index contributed by atoms with van der Waals surface area (Å²) in [7, 11) is 0. The number of carbonyl (C=O) groups excluding carboxylic acids is 2. The second-order valence-corrected chi connectivity index (χ2v) is 8.92. The third-order valence-corrected chi connectivity index (χ3v) is 6.30. The average molecular weight is 613 g/mol. The molecule has 0 unspecified atom stereocenters. The van der Waals surface area contributed by atoms with E-state index in [1.165, 1.54) is 16.8 Å². The molecular weight excluding hydrogens is 590 g/mol. The van der Waals surface area contributed by atoms with Crippen LogP contribution in [0, 0.1) is 0 Å². The molecule has 3 aromatic rings. The highest BCUT2D eigenvalue weighted by Gasteiger charge is 2.34. The first-order valence-corrected chi connectivity index (χ1v) is 12.8. The van der Waals surface area contributed by atoms with Gasteiger partial charge in [-0.25, -0.2) is 4.68 Å². The molecule has 1 aromatic heterocycles. The van der Waals surface area contributed by atoms with E-state index in [9.17, 15) is 22.8 Å². The first-order chi connectivity index (χ1) is 17.2. The lowest BCUT2D eigenvalue weighted by Gasteiger charge is -2.16. The van der Waals surface area contributed by atoms with Crippen LogP contribution in [-0.4, -0.2) is 39.4 Å². The predicted molar refractivity (Wildman–Crippen MR) is 133 cm³/mol. The Bertz CT molecular complexity index is 1260. The van der Waals surface area contributed by atoms with Crippen molar-refractivity contribution in [3.8, 4) is 11.4 Å². The van der Waals surface area contributed by atoms with Crippen LogP contribution in [0.5, 0.6) is 5.75 Å². The zero-order valence-corrected chi connectivity index (χ0v) is 21.4. The van der Waals surface area contributed by atoms with Crippen LogP contribution in [0.2, 0.25) is 0 Å². The van der Waals surface area contributed by atoms with Gasteiger partial charge in [-0.15, -0.1) is 5.10 Å². The molecule has 0 aliphatic heterocycles. The van der Waals surface area contributed by atoms with Crippen LogP contribution < -0.4 is 15.4 Å². The summed E-state index contributed by atoms with van der Waals surface area (Å²) in [5.74, 6) is -0.599. The van der Waals surface area contributed by atoms with Crippen LogP contribution in [0.3, 0.4) is 0 Å². The van der Waals surface area contributed by atoms with Crippen LogP contribution >= 0.6 is 22.6 Å². The second-order valence-electron chi connectivity index (χ2n) is 8.15. The predicted octanol–water partition coefficient (Wildman–Crippen LogP) is 4.44. The van der Waals surface area contributed by atoms with Gasteiger partial charge in [0.05, 0.1) is 11.3 Å². The second kappa shape index (κ2) is 10.8. The highest BCUT2D eigenvalue weighted by atomic mass is 127. The molecule has 190 valence electrons. The monoisotopic (exact) mass is 613 g/mol. The van der Waals surface area contributed by atoms with Crippen molar-refractivity contribution in [1.82, 2.24) is 25.6 Å². The molecule has 4 rings (SSSR count). The molecule has 2 amide bonds. The normalized spacial score (nSPS) is 13.4. The van der Waals surface area contributed by atoms with Crippen molar-refractivity contribution >= 4 is 34.4 Å². The average Bonchev–Trinajstić information content (AvgIpc) is 3.57. The number of nitrogens with one attached hydrogen (secondary N) is 2. The van der Waals surface area contributed by atoms with Gasteiger partial charge >= 0.3 is 6.18 Å². The maximum absolute atomic E-state index is 13.5. The number of benzene rings is 2. The van der Waals surface area contributed by atoms with Gasteiger partial charge in [0.25, 0.3) is 11.8 Å². The van der Waals surface area contributed by atoms with E-state index in [-0.39, 0.29) is 45.7 Å². The lowest BCUT2D eigenvalue weighted by atomic mass is 10.1. The van der Waals surface area contributed by atoms with E-state index < -0.39 is 17.6 Å². The molecule has 1 aliphatic rings. The molecule has 1 heterocycles. The lowest BCUT2D eigenvalue weighted by Crippen LogP contribution is -2.27. The number of nitrogens with zero attached hydrogens (tertiary/aromatic N) is 3. The SMILES string of the molecule is CCNC(=O)c1ccc(-n2nnc(C(=O)NC3CC3)c2COc2cccc(C(F)(F)F)c2CI)cc1. The first-order valence-electron chi connectivity index (χ1n) is 11.2. The molecule has 2 aromatic carbocycles. The zero-order valence-electron chi connectivity index (χ0n) is 19.2. The van der Waals surface area contributed by atoms with Crippen molar-refractivity contribution in [1.29, 1.82) is 0 Å². The van der Waals surface area contributed by atoms with Gasteiger partial charge in [0.15, 0.2) is 5.69 Å². The summed E-state index contributed by atoms with van der Waals surface area (Å²) in [4.78, 5) is 24.9. The molecule has 1 aliphatic carbocycles. The van der Waals surface area contributed by atoms with Gasteiger partial charge in [-0.05, 0) is 56.2 Å². The van der Waals surface area contributed by atoms with Gasteiger partial charge in [0.2, 0.25) is 0 Å². The molecule has 0 spiro atoms. The summed E-state index contributed by atoms with van der Waals surface area (Å²) >= 11 is 1.86. The number of ether oxygens (including phenoxy) is 1. The van der Waals surface area contributed by atoms with Crippen molar-refractivity contribution in [2.24, 2.45) is 0 Å². The van der Waals surface area contributed by atoms with E-state index in [1.54, 1.807) is 24.3 Å².